The zero-order valence-electron chi connectivity index (χ0n) is 17.0. The van der Waals surface area contributed by atoms with E-state index in [2.05, 4.69) is 28.2 Å². The van der Waals surface area contributed by atoms with E-state index < -0.39 is 11.6 Å². The first-order chi connectivity index (χ1) is 13.0. The summed E-state index contributed by atoms with van der Waals surface area (Å²) in [5.74, 6) is -0.0472. The second-order valence-electron chi connectivity index (χ2n) is 8.05. The van der Waals surface area contributed by atoms with E-state index in [1.54, 1.807) is 17.0 Å². The van der Waals surface area contributed by atoms with Crippen molar-refractivity contribution in [2.45, 2.75) is 52.2 Å². The minimum atomic E-state index is -0.489. The summed E-state index contributed by atoms with van der Waals surface area (Å²) in [5.41, 5.74) is 0.615. The number of nitrogens with one attached hydrogen (secondary N) is 1. The first-order valence-electron chi connectivity index (χ1n) is 9.33. The van der Waals surface area contributed by atoms with E-state index >= 15 is 0 Å². The molecule has 8 heteroatoms. The van der Waals surface area contributed by atoms with Crippen LogP contribution in [0.5, 0.6) is 0 Å². The minimum Gasteiger partial charge on any atom is -0.465 e. The average molecular weight is 476 g/mol. The lowest BCUT2D eigenvalue weighted by atomic mass is 9.90. The molecule has 0 bridgehead atoms. The monoisotopic (exact) mass is 474 g/mol. The number of esters is 1. The number of methoxy groups -OCH3 is 1. The number of amides is 1. The van der Waals surface area contributed by atoms with Gasteiger partial charge in [0.1, 0.15) is 5.60 Å². The zero-order valence-corrected chi connectivity index (χ0v) is 19.3. The summed E-state index contributed by atoms with van der Waals surface area (Å²) in [6.07, 6.45) is 1.47. The SMILES string of the molecule is COC(=O)c1cc(Br)c(Cl)c(N[C@@H](C)C2CCN(C(=O)OC(C)(C)C)CC2)c1. The molecule has 1 aromatic rings. The summed E-state index contributed by atoms with van der Waals surface area (Å²) >= 11 is 9.78. The molecule has 1 aliphatic heterocycles. The van der Waals surface area contributed by atoms with Crippen LogP contribution in [0.3, 0.4) is 0 Å². The van der Waals surface area contributed by atoms with Gasteiger partial charge < -0.3 is 19.7 Å². The lowest BCUT2D eigenvalue weighted by Gasteiger charge is -2.36. The van der Waals surface area contributed by atoms with E-state index in [-0.39, 0.29) is 12.1 Å². The van der Waals surface area contributed by atoms with Crippen molar-refractivity contribution in [3.8, 4) is 0 Å². The maximum absolute atomic E-state index is 12.2. The molecule has 1 atom stereocenters. The number of anilines is 1. The Morgan fingerprint density at radius 1 is 1.29 bits per heavy atom. The van der Waals surface area contributed by atoms with Crippen molar-refractivity contribution in [2.24, 2.45) is 5.92 Å². The summed E-state index contributed by atoms with van der Waals surface area (Å²) in [6, 6.07) is 3.47. The second kappa shape index (κ2) is 9.35. The number of likely N-dealkylation sites (tertiary alicyclic amines) is 1. The summed E-state index contributed by atoms with van der Waals surface area (Å²) in [5, 5.41) is 3.94. The van der Waals surface area contributed by atoms with Crippen molar-refractivity contribution in [3.63, 3.8) is 0 Å². The average Bonchev–Trinajstić information content (AvgIpc) is 2.63. The van der Waals surface area contributed by atoms with E-state index in [1.807, 2.05) is 20.8 Å². The minimum absolute atomic E-state index is 0.123. The third-order valence-corrected chi connectivity index (χ3v) is 5.99. The van der Waals surface area contributed by atoms with Crippen LogP contribution in [0.25, 0.3) is 0 Å². The molecule has 0 radical (unpaired) electrons. The number of carbonyl (C=O) groups is 2. The molecule has 1 aliphatic rings. The van der Waals surface area contributed by atoms with Crippen LogP contribution in [0, 0.1) is 5.92 Å². The molecule has 156 valence electrons. The molecule has 1 N–H and O–H groups in total. The van der Waals surface area contributed by atoms with Gasteiger partial charge in [-0.25, -0.2) is 9.59 Å². The van der Waals surface area contributed by atoms with Crippen molar-refractivity contribution >= 4 is 45.3 Å². The third-order valence-electron chi connectivity index (χ3n) is 4.73. The quantitative estimate of drug-likeness (QED) is 0.596. The van der Waals surface area contributed by atoms with Crippen molar-refractivity contribution in [1.82, 2.24) is 4.90 Å². The Morgan fingerprint density at radius 2 is 1.89 bits per heavy atom. The molecular weight excluding hydrogens is 448 g/mol. The number of rotatable bonds is 4. The Bertz CT molecular complexity index is 728. The number of carbonyl (C=O) groups excluding carboxylic acids is 2. The van der Waals surface area contributed by atoms with Gasteiger partial charge in [-0.2, -0.15) is 0 Å². The largest absolute Gasteiger partial charge is 0.465 e. The highest BCUT2D eigenvalue weighted by Gasteiger charge is 2.29. The highest BCUT2D eigenvalue weighted by atomic mass is 79.9. The summed E-state index contributed by atoms with van der Waals surface area (Å²) in [7, 11) is 1.35. The fourth-order valence-corrected chi connectivity index (χ4v) is 3.83. The molecule has 1 heterocycles. The number of nitrogens with zero attached hydrogens (tertiary/aromatic N) is 1. The Labute approximate surface area is 180 Å². The highest BCUT2D eigenvalue weighted by molar-refractivity contribution is 9.10. The van der Waals surface area contributed by atoms with Gasteiger partial charge in [-0.05, 0) is 74.5 Å². The number of ether oxygens (including phenoxy) is 2. The third kappa shape index (κ3) is 6.01. The van der Waals surface area contributed by atoms with E-state index in [0.29, 0.717) is 39.8 Å². The zero-order chi connectivity index (χ0) is 21.1. The summed E-state index contributed by atoms with van der Waals surface area (Å²) < 4.78 is 10.9. The van der Waals surface area contributed by atoms with Gasteiger partial charge in [0.15, 0.2) is 0 Å². The van der Waals surface area contributed by atoms with Crippen molar-refractivity contribution in [3.05, 3.63) is 27.2 Å². The van der Waals surface area contributed by atoms with Crippen LogP contribution in [0.1, 0.15) is 50.9 Å². The van der Waals surface area contributed by atoms with Crippen LogP contribution in [0.4, 0.5) is 10.5 Å². The molecule has 1 amide bonds. The molecule has 0 aliphatic carbocycles. The van der Waals surface area contributed by atoms with Gasteiger partial charge in [-0.15, -0.1) is 0 Å². The number of piperidine rings is 1. The number of hydrogen-bond acceptors (Lipinski definition) is 5. The summed E-state index contributed by atoms with van der Waals surface area (Å²) in [6.45, 7) is 9.01. The lowest BCUT2D eigenvalue weighted by molar-refractivity contribution is 0.0179. The highest BCUT2D eigenvalue weighted by Crippen LogP contribution is 2.34. The van der Waals surface area contributed by atoms with Gasteiger partial charge >= 0.3 is 12.1 Å². The number of benzene rings is 1. The molecule has 0 spiro atoms. The fraction of sp³-hybridized carbons (Fsp3) is 0.600. The van der Waals surface area contributed by atoms with Gasteiger partial charge in [0.05, 0.1) is 23.4 Å². The van der Waals surface area contributed by atoms with Crippen molar-refractivity contribution < 1.29 is 19.1 Å². The maximum atomic E-state index is 12.2. The number of hydrogen-bond donors (Lipinski definition) is 1. The van der Waals surface area contributed by atoms with E-state index in [4.69, 9.17) is 21.1 Å². The Balaban J connectivity index is 1.99. The predicted octanol–water partition coefficient (Wildman–Crippen LogP) is 5.34. The van der Waals surface area contributed by atoms with Crippen LogP contribution in [0.15, 0.2) is 16.6 Å². The molecule has 0 aromatic heterocycles. The van der Waals surface area contributed by atoms with Crippen LogP contribution < -0.4 is 5.32 Å². The molecule has 1 saturated heterocycles. The van der Waals surface area contributed by atoms with Crippen LogP contribution in [0.2, 0.25) is 5.02 Å². The molecule has 1 aromatic carbocycles. The van der Waals surface area contributed by atoms with E-state index in [9.17, 15) is 9.59 Å². The molecule has 0 saturated carbocycles. The maximum Gasteiger partial charge on any atom is 0.410 e. The van der Waals surface area contributed by atoms with Crippen molar-refractivity contribution in [1.29, 1.82) is 0 Å². The normalized spacial score (nSPS) is 16.5. The topological polar surface area (TPSA) is 67.9 Å². The Hall–Kier alpha value is -1.47. The molecule has 28 heavy (non-hydrogen) atoms. The molecule has 0 unspecified atom stereocenters. The van der Waals surface area contributed by atoms with Gasteiger partial charge in [0.2, 0.25) is 0 Å². The first kappa shape index (κ1) is 22.8. The van der Waals surface area contributed by atoms with Gasteiger partial charge in [0.25, 0.3) is 0 Å². The summed E-state index contributed by atoms with van der Waals surface area (Å²) in [4.78, 5) is 25.8. The van der Waals surface area contributed by atoms with E-state index in [0.717, 1.165) is 12.8 Å². The van der Waals surface area contributed by atoms with Crippen LogP contribution in [-0.2, 0) is 9.47 Å². The standard InChI is InChI=1S/C20H28BrClN2O4/c1-12(13-6-8-24(9-7-13)19(26)28-20(2,3)4)23-16-11-14(18(25)27-5)10-15(21)17(16)22/h10-13,23H,6-9H2,1-5H3/t12-/m0/s1. The Morgan fingerprint density at radius 3 is 2.43 bits per heavy atom. The van der Waals surface area contributed by atoms with E-state index in [1.165, 1.54) is 7.11 Å². The number of halogens is 2. The van der Waals surface area contributed by atoms with Crippen LogP contribution in [-0.4, -0.2) is 48.8 Å². The second-order valence-corrected chi connectivity index (χ2v) is 9.28. The predicted molar refractivity (Wildman–Crippen MR) is 114 cm³/mol. The van der Waals surface area contributed by atoms with Crippen molar-refractivity contribution in [2.75, 3.05) is 25.5 Å². The fourth-order valence-electron chi connectivity index (χ4n) is 3.20. The smallest absolute Gasteiger partial charge is 0.410 e. The lowest BCUT2D eigenvalue weighted by Crippen LogP contribution is -2.44. The molecule has 2 rings (SSSR count). The van der Waals surface area contributed by atoms with Gasteiger partial charge in [-0.1, -0.05) is 11.6 Å². The molecule has 6 nitrogen and oxygen atoms in total. The van der Waals surface area contributed by atoms with Gasteiger partial charge in [-0.3, -0.25) is 0 Å². The first-order valence-corrected chi connectivity index (χ1v) is 10.5. The van der Waals surface area contributed by atoms with Gasteiger partial charge in [0, 0.05) is 23.6 Å². The van der Waals surface area contributed by atoms with Crippen LogP contribution >= 0.6 is 27.5 Å². The molecular formula is C20H28BrClN2O4. The Kier molecular flexibility index (Phi) is 7.62. The molecule has 1 fully saturated rings.